The van der Waals surface area contributed by atoms with Crippen molar-refractivity contribution in [1.82, 2.24) is 10.2 Å². The van der Waals surface area contributed by atoms with Gasteiger partial charge in [0, 0.05) is 26.2 Å². The zero-order valence-electron chi connectivity index (χ0n) is 13.9. The van der Waals surface area contributed by atoms with Gasteiger partial charge in [-0.25, -0.2) is 4.79 Å². The van der Waals surface area contributed by atoms with Crippen LogP contribution in [-0.2, 0) is 4.74 Å². The molecule has 20 heavy (non-hydrogen) atoms. The lowest BCUT2D eigenvalue weighted by atomic mass is 9.97. The third kappa shape index (κ3) is 6.94. The van der Waals surface area contributed by atoms with Gasteiger partial charge in [-0.3, -0.25) is 0 Å². The highest BCUT2D eigenvalue weighted by Gasteiger charge is 2.23. The Balaban J connectivity index is 2.36. The fourth-order valence-corrected chi connectivity index (χ4v) is 1.96. The van der Waals surface area contributed by atoms with Crippen molar-refractivity contribution >= 4 is 6.09 Å². The van der Waals surface area contributed by atoms with Crippen LogP contribution in [0.25, 0.3) is 0 Å². The molecule has 0 aliphatic carbocycles. The van der Waals surface area contributed by atoms with E-state index in [0.717, 1.165) is 26.1 Å². The highest BCUT2D eigenvalue weighted by molar-refractivity contribution is 5.68. The van der Waals surface area contributed by atoms with Crippen LogP contribution >= 0.6 is 0 Å². The lowest BCUT2D eigenvalue weighted by molar-refractivity contribution is 0.0265. The Bertz CT molecular complexity index is 362. The molecule has 0 bridgehead atoms. The lowest BCUT2D eigenvalue weighted by Crippen LogP contribution is -2.40. The fraction of sp³-hybridized carbons (Fsp3) is 0.812. The van der Waals surface area contributed by atoms with Crippen LogP contribution < -0.4 is 5.32 Å². The van der Waals surface area contributed by atoms with Crippen LogP contribution in [0.4, 0.5) is 4.79 Å². The lowest BCUT2D eigenvalue weighted by Gasteiger charge is -2.30. The first-order valence-electron chi connectivity index (χ1n) is 7.43. The summed E-state index contributed by atoms with van der Waals surface area (Å²) in [4.78, 5) is 13.7. The number of amides is 1. The predicted octanol–water partition coefficient (Wildman–Crippen LogP) is 3.19. The van der Waals surface area contributed by atoms with Gasteiger partial charge in [0.25, 0.3) is 0 Å². The highest BCUT2D eigenvalue weighted by atomic mass is 16.6. The van der Waals surface area contributed by atoms with Gasteiger partial charge in [-0.15, -0.1) is 0 Å². The molecule has 0 spiro atoms. The van der Waals surface area contributed by atoms with Crippen molar-refractivity contribution in [3.63, 3.8) is 0 Å². The molecule has 1 aliphatic rings. The second kappa shape index (κ2) is 6.61. The van der Waals surface area contributed by atoms with Gasteiger partial charge in [0.15, 0.2) is 0 Å². The molecule has 0 aromatic heterocycles. The van der Waals surface area contributed by atoms with Gasteiger partial charge in [0.05, 0.1) is 0 Å². The zero-order chi connectivity index (χ0) is 15.4. The van der Waals surface area contributed by atoms with E-state index in [-0.39, 0.29) is 6.09 Å². The minimum absolute atomic E-state index is 0.213. The minimum atomic E-state index is -0.421. The van der Waals surface area contributed by atoms with E-state index < -0.39 is 5.60 Å². The van der Waals surface area contributed by atoms with E-state index in [0.29, 0.717) is 12.0 Å². The van der Waals surface area contributed by atoms with Crippen molar-refractivity contribution in [3.05, 3.63) is 11.6 Å². The third-order valence-corrected chi connectivity index (χ3v) is 2.96. The summed E-state index contributed by atoms with van der Waals surface area (Å²) in [6.07, 6.45) is 2.86. The van der Waals surface area contributed by atoms with Gasteiger partial charge in [-0.1, -0.05) is 32.4 Å². The number of carbonyl (C=O) groups excluding carboxylic acids is 1. The maximum atomic E-state index is 11.9. The molecule has 1 N–H and O–H groups in total. The summed E-state index contributed by atoms with van der Waals surface area (Å²) in [6, 6.07) is 0. The van der Waals surface area contributed by atoms with Crippen molar-refractivity contribution in [2.24, 2.45) is 5.41 Å². The van der Waals surface area contributed by atoms with E-state index in [1.165, 1.54) is 5.57 Å². The van der Waals surface area contributed by atoms with Gasteiger partial charge >= 0.3 is 6.09 Å². The summed E-state index contributed by atoms with van der Waals surface area (Å²) in [6.45, 7) is 15.7. The average Bonchev–Trinajstić information content (AvgIpc) is 2.25. The SMILES string of the molecule is CC(C)(C)CNCC1=CCN(C(=O)OC(C)(C)C)CC1. The molecule has 0 unspecified atom stereocenters. The Morgan fingerprint density at radius 3 is 2.40 bits per heavy atom. The van der Waals surface area contributed by atoms with Crippen molar-refractivity contribution in [1.29, 1.82) is 0 Å². The van der Waals surface area contributed by atoms with Crippen molar-refractivity contribution in [3.8, 4) is 0 Å². The first-order chi connectivity index (χ1) is 9.07. The van der Waals surface area contributed by atoms with Crippen LogP contribution in [0.15, 0.2) is 11.6 Å². The number of hydrogen-bond donors (Lipinski definition) is 1. The number of nitrogens with zero attached hydrogens (tertiary/aromatic N) is 1. The molecule has 1 heterocycles. The Hall–Kier alpha value is -1.03. The van der Waals surface area contributed by atoms with Crippen LogP contribution in [0, 0.1) is 5.41 Å². The van der Waals surface area contributed by atoms with Gasteiger partial charge < -0.3 is 15.0 Å². The summed E-state index contributed by atoms with van der Waals surface area (Å²) in [5.41, 5.74) is 1.27. The standard InChI is InChI=1S/C16H30N2O2/c1-15(2,3)12-17-11-13-7-9-18(10-8-13)14(19)20-16(4,5)6/h7,17H,8-12H2,1-6H3. The highest BCUT2D eigenvalue weighted by Crippen LogP contribution is 2.15. The maximum absolute atomic E-state index is 11.9. The first-order valence-corrected chi connectivity index (χ1v) is 7.43. The van der Waals surface area contributed by atoms with Crippen LogP contribution in [-0.4, -0.2) is 42.8 Å². The molecule has 0 aromatic carbocycles. The van der Waals surface area contributed by atoms with Crippen molar-refractivity contribution < 1.29 is 9.53 Å². The molecule has 0 saturated heterocycles. The quantitative estimate of drug-likeness (QED) is 0.808. The van der Waals surface area contributed by atoms with Crippen LogP contribution in [0.3, 0.4) is 0 Å². The third-order valence-electron chi connectivity index (χ3n) is 2.96. The molecule has 0 aromatic rings. The summed E-state index contributed by atoms with van der Waals surface area (Å²) >= 11 is 0. The molecule has 0 radical (unpaired) electrons. The second-order valence-electron chi connectivity index (χ2n) is 7.70. The van der Waals surface area contributed by atoms with Crippen molar-refractivity contribution in [2.45, 2.75) is 53.6 Å². The van der Waals surface area contributed by atoms with Gasteiger partial charge in [0.2, 0.25) is 0 Å². The van der Waals surface area contributed by atoms with Gasteiger partial charge in [-0.2, -0.15) is 0 Å². The maximum Gasteiger partial charge on any atom is 0.410 e. The second-order valence-corrected chi connectivity index (χ2v) is 7.70. The van der Waals surface area contributed by atoms with E-state index in [1.807, 2.05) is 20.8 Å². The van der Waals surface area contributed by atoms with Crippen LogP contribution in [0.2, 0.25) is 0 Å². The Morgan fingerprint density at radius 1 is 1.30 bits per heavy atom. The molecule has 1 aliphatic heterocycles. The Kier molecular flexibility index (Phi) is 5.63. The fourth-order valence-electron chi connectivity index (χ4n) is 1.96. The molecular weight excluding hydrogens is 252 g/mol. The minimum Gasteiger partial charge on any atom is -0.444 e. The van der Waals surface area contributed by atoms with E-state index in [4.69, 9.17) is 4.74 Å². The van der Waals surface area contributed by atoms with E-state index >= 15 is 0 Å². The van der Waals surface area contributed by atoms with E-state index in [9.17, 15) is 4.79 Å². The first kappa shape index (κ1) is 17.0. The smallest absolute Gasteiger partial charge is 0.410 e. The molecule has 1 rings (SSSR count). The number of hydrogen-bond acceptors (Lipinski definition) is 3. The van der Waals surface area contributed by atoms with Crippen LogP contribution in [0.1, 0.15) is 48.0 Å². The summed E-state index contributed by atoms with van der Waals surface area (Å²) in [5, 5.41) is 3.47. The zero-order valence-corrected chi connectivity index (χ0v) is 13.9. The molecule has 0 saturated carbocycles. The number of rotatable bonds is 3. The molecular formula is C16H30N2O2. The average molecular weight is 282 g/mol. The summed E-state index contributed by atoms with van der Waals surface area (Å²) in [7, 11) is 0. The number of ether oxygens (including phenoxy) is 1. The monoisotopic (exact) mass is 282 g/mol. The van der Waals surface area contributed by atoms with Gasteiger partial charge in [-0.05, 0) is 32.6 Å². The molecule has 0 atom stereocenters. The van der Waals surface area contributed by atoms with E-state index in [1.54, 1.807) is 4.90 Å². The Morgan fingerprint density at radius 2 is 1.95 bits per heavy atom. The molecule has 0 fully saturated rings. The van der Waals surface area contributed by atoms with E-state index in [2.05, 4.69) is 32.2 Å². The molecule has 4 nitrogen and oxygen atoms in total. The van der Waals surface area contributed by atoms with Crippen molar-refractivity contribution in [2.75, 3.05) is 26.2 Å². The molecule has 1 amide bonds. The normalized spacial score (nSPS) is 16.9. The molecule has 4 heteroatoms. The van der Waals surface area contributed by atoms with Gasteiger partial charge in [0.1, 0.15) is 5.60 Å². The number of nitrogens with one attached hydrogen (secondary N) is 1. The van der Waals surface area contributed by atoms with Crippen LogP contribution in [0.5, 0.6) is 0 Å². The molecule has 116 valence electrons. The number of carbonyl (C=O) groups is 1. The topological polar surface area (TPSA) is 41.6 Å². The largest absolute Gasteiger partial charge is 0.444 e. The summed E-state index contributed by atoms with van der Waals surface area (Å²) < 4.78 is 5.38. The Labute approximate surface area is 123 Å². The predicted molar refractivity (Wildman–Crippen MR) is 82.8 cm³/mol. The summed E-state index contributed by atoms with van der Waals surface area (Å²) in [5.74, 6) is 0.